The number of aliphatic imine (C=N–C) groups is 1. The van der Waals surface area contributed by atoms with Gasteiger partial charge in [0.1, 0.15) is 0 Å². The lowest BCUT2D eigenvalue weighted by atomic mass is 10.0. The molecule has 1 aromatic carbocycles. The summed E-state index contributed by atoms with van der Waals surface area (Å²) in [6.45, 7) is 12.4. The van der Waals surface area contributed by atoms with Crippen LogP contribution in [-0.4, -0.2) is 23.7 Å². The van der Waals surface area contributed by atoms with Crippen molar-refractivity contribution in [1.29, 1.82) is 0 Å². The molecular formula is C19H30N2. The standard InChI is InChI=1S/C19H30N2/c1-5-15(2)17(4)20-19-13-18(10-9-16(19)3)14-21-11-7-6-8-12-21/h9-10,13,15H,5-8,11-12,14H2,1-4H3. The van der Waals surface area contributed by atoms with E-state index in [1.165, 1.54) is 49.2 Å². The molecular weight excluding hydrogens is 256 g/mol. The van der Waals surface area contributed by atoms with Gasteiger partial charge in [-0.25, -0.2) is 0 Å². The number of rotatable bonds is 5. The number of piperidine rings is 1. The maximum absolute atomic E-state index is 4.88. The van der Waals surface area contributed by atoms with Gasteiger partial charge in [0.2, 0.25) is 0 Å². The monoisotopic (exact) mass is 286 g/mol. The predicted molar refractivity (Wildman–Crippen MR) is 92.5 cm³/mol. The van der Waals surface area contributed by atoms with E-state index >= 15 is 0 Å². The molecule has 1 aromatic rings. The van der Waals surface area contributed by atoms with Crippen molar-refractivity contribution in [2.75, 3.05) is 13.1 Å². The van der Waals surface area contributed by atoms with E-state index in [1.54, 1.807) is 0 Å². The number of benzene rings is 1. The Kier molecular flexibility index (Phi) is 5.98. The van der Waals surface area contributed by atoms with Crippen LogP contribution in [0.3, 0.4) is 0 Å². The lowest BCUT2D eigenvalue weighted by Crippen LogP contribution is -2.29. The van der Waals surface area contributed by atoms with Gasteiger partial charge < -0.3 is 0 Å². The summed E-state index contributed by atoms with van der Waals surface area (Å²) >= 11 is 0. The Balaban J connectivity index is 2.12. The molecule has 0 aromatic heterocycles. The van der Waals surface area contributed by atoms with Gasteiger partial charge in [-0.05, 0) is 69.3 Å². The number of likely N-dealkylation sites (tertiary alicyclic amines) is 1. The minimum atomic E-state index is 0.565. The second-order valence-electron chi connectivity index (χ2n) is 6.52. The summed E-state index contributed by atoms with van der Waals surface area (Å²) in [6.07, 6.45) is 5.25. The van der Waals surface area contributed by atoms with E-state index < -0.39 is 0 Å². The molecule has 0 saturated carbocycles. The Morgan fingerprint density at radius 1 is 1.24 bits per heavy atom. The Labute approximate surface area is 130 Å². The average Bonchev–Trinajstić information content (AvgIpc) is 2.50. The van der Waals surface area contributed by atoms with Crippen LogP contribution in [0.25, 0.3) is 0 Å². The van der Waals surface area contributed by atoms with Crippen LogP contribution in [-0.2, 0) is 6.54 Å². The van der Waals surface area contributed by atoms with Crippen molar-refractivity contribution >= 4 is 11.4 Å². The first-order valence-electron chi connectivity index (χ1n) is 8.47. The molecule has 1 fully saturated rings. The second-order valence-corrected chi connectivity index (χ2v) is 6.52. The molecule has 1 aliphatic rings. The minimum absolute atomic E-state index is 0.565. The highest BCUT2D eigenvalue weighted by Gasteiger charge is 2.11. The highest BCUT2D eigenvalue weighted by atomic mass is 15.1. The Bertz CT molecular complexity index is 484. The van der Waals surface area contributed by atoms with Crippen molar-refractivity contribution in [3.63, 3.8) is 0 Å². The fraction of sp³-hybridized carbons (Fsp3) is 0.632. The molecule has 1 saturated heterocycles. The van der Waals surface area contributed by atoms with E-state index in [1.807, 2.05) is 0 Å². The first-order chi connectivity index (χ1) is 10.1. The fourth-order valence-electron chi connectivity index (χ4n) is 2.85. The maximum Gasteiger partial charge on any atom is 0.0661 e. The van der Waals surface area contributed by atoms with Crippen LogP contribution in [0.15, 0.2) is 23.2 Å². The molecule has 0 aliphatic carbocycles. The molecule has 21 heavy (non-hydrogen) atoms. The number of hydrogen-bond donors (Lipinski definition) is 0. The van der Waals surface area contributed by atoms with Gasteiger partial charge in [-0.3, -0.25) is 9.89 Å². The number of hydrogen-bond acceptors (Lipinski definition) is 2. The smallest absolute Gasteiger partial charge is 0.0661 e. The van der Waals surface area contributed by atoms with Crippen molar-refractivity contribution in [3.8, 4) is 0 Å². The Morgan fingerprint density at radius 2 is 1.95 bits per heavy atom. The minimum Gasteiger partial charge on any atom is -0.299 e. The van der Waals surface area contributed by atoms with Crippen molar-refractivity contribution in [2.24, 2.45) is 10.9 Å². The number of nitrogens with zero attached hydrogens (tertiary/aromatic N) is 2. The quantitative estimate of drug-likeness (QED) is 0.686. The van der Waals surface area contributed by atoms with Crippen LogP contribution in [0.5, 0.6) is 0 Å². The van der Waals surface area contributed by atoms with Crippen LogP contribution in [0, 0.1) is 12.8 Å². The zero-order valence-electron chi connectivity index (χ0n) is 14.2. The molecule has 0 N–H and O–H groups in total. The zero-order chi connectivity index (χ0) is 15.2. The first-order valence-corrected chi connectivity index (χ1v) is 8.47. The van der Waals surface area contributed by atoms with Crippen molar-refractivity contribution in [3.05, 3.63) is 29.3 Å². The molecule has 2 rings (SSSR count). The van der Waals surface area contributed by atoms with Gasteiger partial charge in [0.05, 0.1) is 5.69 Å². The van der Waals surface area contributed by atoms with Gasteiger partial charge in [0.25, 0.3) is 0 Å². The van der Waals surface area contributed by atoms with Crippen LogP contribution >= 0.6 is 0 Å². The molecule has 1 atom stereocenters. The van der Waals surface area contributed by atoms with E-state index in [0.717, 1.165) is 18.7 Å². The first kappa shape index (κ1) is 16.2. The third-order valence-electron chi connectivity index (χ3n) is 4.75. The summed E-state index contributed by atoms with van der Waals surface area (Å²) in [5, 5.41) is 0. The van der Waals surface area contributed by atoms with Gasteiger partial charge in [-0.2, -0.15) is 0 Å². The van der Waals surface area contributed by atoms with Gasteiger partial charge in [-0.1, -0.05) is 32.4 Å². The van der Waals surface area contributed by atoms with Crippen molar-refractivity contribution in [2.45, 2.75) is 59.9 Å². The average molecular weight is 286 g/mol. The zero-order valence-corrected chi connectivity index (χ0v) is 14.2. The summed E-state index contributed by atoms with van der Waals surface area (Å²) in [5.74, 6) is 0.565. The van der Waals surface area contributed by atoms with E-state index in [-0.39, 0.29) is 0 Å². The van der Waals surface area contributed by atoms with Crippen molar-refractivity contribution < 1.29 is 0 Å². The van der Waals surface area contributed by atoms with Crippen LogP contribution in [0.4, 0.5) is 5.69 Å². The maximum atomic E-state index is 4.88. The molecule has 2 heteroatoms. The summed E-state index contributed by atoms with van der Waals surface area (Å²) < 4.78 is 0. The summed E-state index contributed by atoms with van der Waals surface area (Å²) in [6, 6.07) is 6.78. The van der Waals surface area contributed by atoms with E-state index in [2.05, 4.69) is 50.8 Å². The topological polar surface area (TPSA) is 15.6 Å². The lowest BCUT2D eigenvalue weighted by Gasteiger charge is -2.26. The van der Waals surface area contributed by atoms with E-state index in [0.29, 0.717) is 5.92 Å². The molecule has 1 aliphatic heterocycles. The lowest BCUT2D eigenvalue weighted by molar-refractivity contribution is 0.221. The Hall–Kier alpha value is -1.15. The molecule has 1 unspecified atom stereocenters. The molecule has 0 radical (unpaired) electrons. The molecule has 0 bridgehead atoms. The highest BCUT2D eigenvalue weighted by molar-refractivity contribution is 5.86. The van der Waals surface area contributed by atoms with Gasteiger partial charge >= 0.3 is 0 Å². The third-order valence-corrected chi connectivity index (χ3v) is 4.75. The SMILES string of the molecule is CCC(C)C(C)=Nc1cc(CN2CCCCC2)ccc1C. The molecule has 0 amide bonds. The largest absolute Gasteiger partial charge is 0.299 e. The summed E-state index contributed by atoms with van der Waals surface area (Å²) in [4.78, 5) is 7.45. The summed E-state index contributed by atoms with van der Waals surface area (Å²) in [5.41, 5.74) is 5.08. The highest BCUT2D eigenvalue weighted by Crippen LogP contribution is 2.23. The van der Waals surface area contributed by atoms with Gasteiger partial charge in [0, 0.05) is 12.3 Å². The predicted octanol–water partition coefficient (Wildman–Crippen LogP) is 5.12. The number of aryl methyl sites for hydroxylation is 1. The summed E-state index contributed by atoms with van der Waals surface area (Å²) in [7, 11) is 0. The van der Waals surface area contributed by atoms with E-state index in [4.69, 9.17) is 4.99 Å². The van der Waals surface area contributed by atoms with E-state index in [9.17, 15) is 0 Å². The molecule has 1 heterocycles. The molecule has 2 nitrogen and oxygen atoms in total. The van der Waals surface area contributed by atoms with Crippen LogP contribution in [0.2, 0.25) is 0 Å². The fourth-order valence-corrected chi connectivity index (χ4v) is 2.85. The molecule has 116 valence electrons. The van der Waals surface area contributed by atoms with Crippen LogP contribution < -0.4 is 0 Å². The van der Waals surface area contributed by atoms with Crippen molar-refractivity contribution in [1.82, 2.24) is 4.90 Å². The third kappa shape index (κ3) is 4.67. The normalized spacial score (nSPS) is 18.8. The second kappa shape index (κ2) is 7.74. The molecule has 0 spiro atoms. The van der Waals surface area contributed by atoms with Gasteiger partial charge in [-0.15, -0.1) is 0 Å². The van der Waals surface area contributed by atoms with Crippen LogP contribution in [0.1, 0.15) is 57.6 Å². The van der Waals surface area contributed by atoms with Gasteiger partial charge in [0.15, 0.2) is 0 Å². The Morgan fingerprint density at radius 3 is 2.62 bits per heavy atom.